The summed E-state index contributed by atoms with van der Waals surface area (Å²) in [5, 5.41) is 20.6. The van der Waals surface area contributed by atoms with Crippen LogP contribution in [0.15, 0.2) is 170 Å². The quantitative estimate of drug-likeness (QED) is 0.0407. The predicted molar refractivity (Wildman–Crippen MR) is 303 cm³/mol. The summed E-state index contributed by atoms with van der Waals surface area (Å²) in [5.74, 6) is -6.28. The molecule has 3 amide bonds. The van der Waals surface area contributed by atoms with Gasteiger partial charge in [0.25, 0.3) is 0 Å². The van der Waals surface area contributed by atoms with Crippen LogP contribution in [-0.4, -0.2) is 94.2 Å². The molecular weight excluding hydrogens is 1140 g/mol. The Labute approximate surface area is 543 Å². The Kier molecular flexibility index (Phi) is 22.3. The van der Waals surface area contributed by atoms with Gasteiger partial charge in [-0.15, -0.1) is 0 Å². The van der Waals surface area contributed by atoms with Gasteiger partial charge in [-0.25, -0.2) is 0 Å². The number of hydrogen-bond acceptors (Lipinski definition) is 13. The number of nitrogens with zero attached hydrogens (tertiary/aromatic N) is 4. The molecule has 4 aliphatic rings. The number of carboxylic acid groups (broad SMARTS) is 2. The molecule has 8 aromatic rings. The van der Waals surface area contributed by atoms with Crippen molar-refractivity contribution in [2.24, 2.45) is 17.2 Å². The second-order valence-electron chi connectivity index (χ2n) is 20.4. The predicted octanol–water partition coefficient (Wildman–Crippen LogP) is -1.18. The van der Waals surface area contributed by atoms with Crippen molar-refractivity contribution >= 4 is 58.8 Å². The first kappa shape index (κ1) is 67.6. The molecule has 4 aliphatic heterocycles. The first-order valence-corrected chi connectivity index (χ1v) is 27.1. The van der Waals surface area contributed by atoms with Crippen molar-refractivity contribution in [3.05, 3.63) is 238 Å². The monoisotopic (exact) mass is 1200 g/mol. The fraction of sp³-hybridized carbons (Fsp3) is 0.219. The maximum atomic E-state index is 12.7. The van der Waals surface area contributed by atoms with Gasteiger partial charge in [-0.3, -0.25) is 43.2 Å². The standard InChI is InChI=1S/C18H18N2O4.C16H14N2O4.C15H14N2O2.C15H13NO3.2Na.H2O/c1-2-24-17(23)18(16(19)22)10-11-20-13(8-9-14(18)20)15(21)12-6-4-3-5-7-12;17-14(20)16(15(21)22)8-9-18-11(6-7-12(16)18)13(19)10-4-2-1-3-5-10;16-15(19)11-8-9-17-12(11)6-7-13(17)14(18)10-4-2-1-3-5-10;17-14(10-4-2-1-3-5-10)13-7-6-12-11(15(18)19)8-9-16(12)13;;;/h3-9H,2,10-11H2,1H3,(H2,19,22);1-7H,8-9H2,(H2,17,20)(H,21,22);1-7,11H,8-9H2,(H2,16,19);1-7,11H,8-9H2,(H,18,19);;;1H2/q;;;;2*+1;/p-2. The summed E-state index contributed by atoms with van der Waals surface area (Å²) in [7, 11) is 0. The minimum atomic E-state index is -1.87. The van der Waals surface area contributed by atoms with Crippen molar-refractivity contribution in [3.63, 3.8) is 0 Å². The zero-order valence-electron chi connectivity index (χ0n) is 48.0. The van der Waals surface area contributed by atoms with Gasteiger partial charge < -0.3 is 60.7 Å². The molecule has 4 aromatic carbocycles. The molecule has 436 valence electrons. The number of nitrogens with two attached hydrogens (primary N) is 3. The molecule has 23 heteroatoms. The molecule has 0 aliphatic carbocycles. The molecule has 8 N–H and O–H groups in total. The Morgan fingerprint density at radius 3 is 1.13 bits per heavy atom. The molecule has 4 atom stereocenters. The van der Waals surface area contributed by atoms with Crippen LogP contribution >= 0.6 is 0 Å². The number of hydrogen-bond donors (Lipinski definition) is 4. The number of rotatable bonds is 15. The summed E-state index contributed by atoms with van der Waals surface area (Å²) in [4.78, 5) is 120. The third kappa shape index (κ3) is 13.0. The molecule has 0 saturated carbocycles. The third-order valence-corrected chi connectivity index (χ3v) is 15.8. The normalized spacial score (nSPS) is 17.7. The molecule has 87 heavy (non-hydrogen) atoms. The van der Waals surface area contributed by atoms with Gasteiger partial charge in [0.05, 0.1) is 47.2 Å². The summed E-state index contributed by atoms with van der Waals surface area (Å²) in [6.45, 7) is 3.68. The van der Waals surface area contributed by atoms with E-state index in [0.29, 0.717) is 83.2 Å². The maximum Gasteiger partial charge on any atom is 1.00 e. The van der Waals surface area contributed by atoms with Crippen LogP contribution in [0.3, 0.4) is 0 Å². The smallest absolute Gasteiger partial charge is 0.870 e. The van der Waals surface area contributed by atoms with E-state index >= 15 is 0 Å². The van der Waals surface area contributed by atoms with E-state index in [4.69, 9.17) is 27.0 Å². The van der Waals surface area contributed by atoms with Crippen LogP contribution in [0.5, 0.6) is 0 Å². The summed E-state index contributed by atoms with van der Waals surface area (Å²) in [6, 6.07) is 49.0. The molecule has 0 saturated heterocycles. The van der Waals surface area contributed by atoms with Gasteiger partial charge in [0, 0.05) is 71.2 Å². The first-order valence-electron chi connectivity index (χ1n) is 27.1. The number of aliphatic carboxylic acids is 2. The van der Waals surface area contributed by atoms with E-state index in [1.807, 2.05) is 57.7 Å². The van der Waals surface area contributed by atoms with Gasteiger partial charge in [0.1, 0.15) is 5.41 Å². The van der Waals surface area contributed by atoms with Crippen molar-refractivity contribution in [3.8, 4) is 0 Å². The summed E-state index contributed by atoms with van der Waals surface area (Å²) in [5.41, 5.74) is 19.3. The van der Waals surface area contributed by atoms with Crippen molar-refractivity contribution in [2.45, 2.75) is 81.5 Å². The molecule has 21 nitrogen and oxygen atoms in total. The molecule has 4 unspecified atom stereocenters. The van der Waals surface area contributed by atoms with Gasteiger partial charge in [0.15, 0.2) is 5.41 Å². The number of primary amides is 3. The van der Waals surface area contributed by atoms with Crippen LogP contribution in [0.4, 0.5) is 0 Å². The summed E-state index contributed by atoms with van der Waals surface area (Å²) in [6.07, 6.45) is 1.43. The molecule has 0 fully saturated rings. The first-order chi connectivity index (χ1) is 40.4. The van der Waals surface area contributed by atoms with Gasteiger partial charge in [0.2, 0.25) is 40.9 Å². The second-order valence-corrected chi connectivity index (χ2v) is 20.4. The van der Waals surface area contributed by atoms with Crippen molar-refractivity contribution < 1.29 is 127 Å². The summed E-state index contributed by atoms with van der Waals surface area (Å²) < 4.78 is 12.0. The molecule has 0 radical (unpaired) electrons. The topological polar surface area (TPSA) is 351 Å². The molecule has 0 spiro atoms. The van der Waals surface area contributed by atoms with Crippen molar-refractivity contribution in [1.29, 1.82) is 0 Å². The number of carbonyl (C=O) groups excluding carboxylic acids is 9. The van der Waals surface area contributed by atoms with Crippen LogP contribution in [-0.2, 0) is 70.5 Å². The van der Waals surface area contributed by atoms with Gasteiger partial charge >= 0.3 is 71.1 Å². The van der Waals surface area contributed by atoms with E-state index < -0.39 is 46.5 Å². The molecule has 0 bridgehead atoms. The minimum absolute atomic E-state index is 0. The number of ether oxygens (including phenoxy) is 1. The van der Waals surface area contributed by atoms with Gasteiger partial charge in [-0.1, -0.05) is 121 Å². The molecule has 8 heterocycles. The van der Waals surface area contributed by atoms with E-state index in [9.17, 15) is 53.1 Å². The Balaban J connectivity index is 0.000000184. The number of benzene rings is 4. The van der Waals surface area contributed by atoms with Crippen molar-refractivity contribution in [2.75, 3.05) is 6.61 Å². The van der Waals surface area contributed by atoms with Crippen LogP contribution in [0.1, 0.15) is 131 Å². The number of amides is 3. The van der Waals surface area contributed by atoms with E-state index in [2.05, 4.69) is 0 Å². The number of carbonyl (C=O) groups is 10. The van der Waals surface area contributed by atoms with E-state index in [0.717, 1.165) is 11.4 Å². The van der Waals surface area contributed by atoms with Gasteiger partial charge in [-0.2, -0.15) is 0 Å². The fourth-order valence-electron chi connectivity index (χ4n) is 11.5. The van der Waals surface area contributed by atoms with Crippen LogP contribution < -0.4 is 81.4 Å². The number of ketones is 4. The number of carboxylic acids is 2. The van der Waals surface area contributed by atoms with Gasteiger partial charge in [-0.05, 0) is 81.1 Å². The van der Waals surface area contributed by atoms with E-state index in [1.54, 1.807) is 121 Å². The largest absolute Gasteiger partial charge is 1.00 e. The van der Waals surface area contributed by atoms with E-state index in [1.165, 1.54) is 16.7 Å². The minimum Gasteiger partial charge on any atom is -0.870 e. The molecule has 4 aromatic heterocycles. The van der Waals surface area contributed by atoms with Crippen LogP contribution in [0.2, 0.25) is 0 Å². The Morgan fingerprint density at radius 1 is 0.471 bits per heavy atom. The maximum absolute atomic E-state index is 12.7. The average molecular weight is 1200 g/mol. The number of fused-ring (bicyclic) bond motifs is 4. The number of esters is 1. The SMILES string of the molecule is CCOC(=O)C1(C(N)=O)CCn2c(C(=O)c3ccccc3)ccc21.NC(=O)C1(C(=O)[O-])CCn2c(C(=O)c3ccccc3)ccc21.NC(=O)C1CCn2c(C(=O)c3ccccc3)ccc21.O=C(c1ccccc1)c1ccc2n1CCC2C(=O)O.[Na+].[Na+].[OH-]. The van der Waals surface area contributed by atoms with Crippen LogP contribution in [0.25, 0.3) is 0 Å². The average Bonchev–Trinajstić information content (AvgIpc) is 1.65. The molecule has 12 rings (SSSR count). The number of aromatic nitrogens is 4. The third-order valence-electron chi connectivity index (χ3n) is 15.8. The zero-order valence-corrected chi connectivity index (χ0v) is 52.0. The Hall–Kier alpha value is -8.54. The summed E-state index contributed by atoms with van der Waals surface area (Å²) >= 11 is 0. The zero-order chi connectivity index (χ0) is 60.0. The fourth-order valence-corrected chi connectivity index (χ4v) is 11.5. The van der Waals surface area contributed by atoms with E-state index in [-0.39, 0.29) is 131 Å². The Bertz CT molecular complexity index is 3760. The molecular formula is C64H59N7Na2O14. The van der Waals surface area contributed by atoms with Crippen molar-refractivity contribution in [1.82, 2.24) is 18.3 Å². The second kappa shape index (κ2) is 28.8. The van der Waals surface area contributed by atoms with Crippen LogP contribution in [0, 0.1) is 0 Å². The Morgan fingerprint density at radius 2 is 0.793 bits per heavy atom.